The Morgan fingerprint density at radius 2 is 1.85 bits per heavy atom. The number of nitrogens with zero attached hydrogens (tertiary/aromatic N) is 1. The molecule has 1 aromatic heterocycles. The Morgan fingerprint density at radius 3 is 2.45 bits per heavy atom. The molecular formula is C22H20Cl2N2O6S. The zero-order valence-corrected chi connectivity index (χ0v) is 19.7. The summed E-state index contributed by atoms with van der Waals surface area (Å²) in [5.74, 6) is -1.97. The number of rotatable bonds is 5. The molecule has 0 saturated carbocycles. The first kappa shape index (κ1) is 22.6. The number of benzene rings is 1. The lowest BCUT2D eigenvalue weighted by atomic mass is 10.0. The van der Waals surface area contributed by atoms with Crippen molar-refractivity contribution in [3.63, 3.8) is 0 Å². The van der Waals surface area contributed by atoms with Gasteiger partial charge in [-0.3, -0.25) is 14.5 Å². The summed E-state index contributed by atoms with van der Waals surface area (Å²) in [6.45, 7) is 0.858. The second-order valence-electron chi connectivity index (χ2n) is 8.18. The molecule has 33 heavy (non-hydrogen) atoms. The second kappa shape index (κ2) is 8.88. The fraction of sp³-hybridized carbons (Fsp3) is 0.409. The minimum absolute atomic E-state index is 0.00439. The molecule has 4 heterocycles. The number of hydrogen-bond donors (Lipinski definition) is 2. The summed E-state index contributed by atoms with van der Waals surface area (Å²) < 4.78 is 11.6. The SMILES string of the molecule is O=C(O)c1c(NC2CCCCO2)sc2c1CC(CN1C(=O)c3cc(Cl)c(Cl)cc3C1=O)OC2. The number of carbonyl (C=O) groups excluding carboxylic acids is 2. The molecule has 1 saturated heterocycles. The van der Waals surface area contributed by atoms with Crippen LogP contribution in [0.15, 0.2) is 12.1 Å². The van der Waals surface area contributed by atoms with Gasteiger partial charge in [0.1, 0.15) is 11.2 Å². The molecule has 0 aliphatic carbocycles. The number of carboxylic acids is 1. The number of carboxylic acid groups (broad SMARTS) is 1. The van der Waals surface area contributed by atoms with E-state index in [-0.39, 0.29) is 52.5 Å². The van der Waals surface area contributed by atoms with Crippen LogP contribution in [0.25, 0.3) is 0 Å². The number of thiophene rings is 1. The van der Waals surface area contributed by atoms with E-state index in [1.807, 2.05) is 0 Å². The molecule has 2 unspecified atom stereocenters. The molecule has 174 valence electrons. The van der Waals surface area contributed by atoms with Crippen LogP contribution in [0.3, 0.4) is 0 Å². The van der Waals surface area contributed by atoms with Crippen molar-refractivity contribution in [3.8, 4) is 0 Å². The normalized spacial score (nSPS) is 22.3. The van der Waals surface area contributed by atoms with E-state index in [4.69, 9.17) is 32.7 Å². The molecule has 2 N–H and O–H groups in total. The lowest BCUT2D eigenvalue weighted by molar-refractivity contribution is 0.00931. The van der Waals surface area contributed by atoms with Gasteiger partial charge < -0.3 is 19.9 Å². The standard InChI is InChI=1S/C22H20Cl2N2O6S/c23-14-6-11-12(7-15(14)24)21(28)26(20(11)27)8-10-5-13-16(9-32-10)33-19(18(13)22(29)30)25-17-3-1-2-4-31-17/h6-7,10,17,25H,1-5,8-9H2,(H,29,30). The second-order valence-corrected chi connectivity index (χ2v) is 10.1. The molecule has 0 bridgehead atoms. The molecule has 1 aromatic carbocycles. The number of anilines is 1. The molecule has 5 rings (SSSR count). The number of hydrogen-bond acceptors (Lipinski definition) is 7. The number of aromatic carboxylic acids is 1. The Hall–Kier alpha value is -2.17. The van der Waals surface area contributed by atoms with Gasteiger partial charge in [-0.15, -0.1) is 11.3 Å². The molecule has 11 heteroatoms. The minimum Gasteiger partial charge on any atom is -0.478 e. The van der Waals surface area contributed by atoms with Gasteiger partial charge >= 0.3 is 5.97 Å². The van der Waals surface area contributed by atoms with Crippen molar-refractivity contribution in [1.29, 1.82) is 0 Å². The zero-order valence-electron chi connectivity index (χ0n) is 17.4. The van der Waals surface area contributed by atoms with Crippen molar-refractivity contribution in [3.05, 3.63) is 49.3 Å². The van der Waals surface area contributed by atoms with Crippen LogP contribution in [-0.2, 0) is 22.5 Å². The summed E-state index contributed by atoms with van der Waals surface area (Å²) >= 11 is 13.4. The molecule has 3 aliphatic rings. The maximum atomic E-state index is 12.8. The third-order valence-corrected chi connectivity index (χ3v) is 7.91. The number of imide groups is 1. The number of halogens is 2. The van der Waals surface area contributed by atoms with Crippen molar-refractivity contribution in [1.82, 2.24) is 4.90 Å². The summed E-state index contributed by atoms with van der Waals surface area (Å²) in [4.78, 5) is 39.7. The van der Waals surface area contributed by atoms with Crippen LogP contribution < -0.4 is 5.32 Å². The highest BCUT2D eigenvalue weighted by Gasteiger charge is 2.39. The Morgan fingerprint density at radius 1 is 1.15 bits per heavy atom. The Kier molecular flexibility index (Phi) is 6.09. The average molecular weight is 511 g/mol. The predicted molar refractivity (Wildman–Crippen MR) is 123 cm³/mol. The fourth-order valence-electron chi connectivity index (χ4n) is 4.42. The van der Waals surface area contributed by atoms with Crippen molar-refractivity contribution in [2.75, 3.05) is 18.5 Å². The van der Waals surface area contributed by atoms with Crippen LogP contribution in [0.2, 0.25) is 10.0 Å². The molecule has 1 fully saturated rings. The van der Waals surface area contributed by atoms with Gasteiger partial charge in [0.05, 0.1) is 46.0 Å². The van der Waals surface area contributed by atoms with E-state index in [9.17, 15) is 19.5 Å². The maximum Gasteiger partial charge on any atom is 0.338 e. The van der Waals surface area contributed by atoms with Crippen LogP contribution >= 0.6 is 34.5 Å². The van der Waals surface area contributed by atoms with E-state index in [0.717, 1.165) is 29.0 Å². The van der Waals surface area contributed by atoms with Crippen molar-refractivity contribution in [2.24, 2.45) is 0 Å². The van der Waals surface area contributed by atoms with Crippen molar-refractivity contribution < 1.29 is 29.0 Å². The number of fused-ring (bicyclic) bond motifs is 2. The number of ether oxygens (including phenoxy) is 2. The summed E-state index contributed by atoms with van der Waals surface area (Å²) in [5.41, 5.74) is 1.28. The van der Waals surface area contributed by atoms with Gasteiger partial charge in [-0.05, 0) is 37.0 Å². The van der Waals surface area contributed by atoms with E-state index < -0.39 is 23.9 Å². The molecule has 0 spiro atoms. The first-order valence-corrected chi connectivity index (χ1v) is 12.1. The highest BCUT2D eigenvalue weighted by atomic mass is 35.5. The molecule has 0 radical (unpaired) electrons. The summed E-state index contributed by atoms with van der Waals surface area (Å²) in [5, 5.41) is 14.1. The molecule has 2 atom stereocenters. The van der Waals surface area contributed by atoms with Gasteiger partial charge in [-0.2, -0.15) is 0 Å². The molecule has 8 nitrogen and oxygen atoms in total. The number of carbonyl (C=O) groups is 3. The number of amides is 2. The highest BCUT2D eigenvalue weighted by Crippen LogP contribution is 2.39. The zero-order chi connectivity index (χ0) is 23.3. The average Bonchev–Trinajstić information content (AvgIpc) is 3.25. The Bertz CT molecular complexity index is 1120. The van der Waals surface area contributed by atoms with Gasteiger partial charge in [0.25, 0.3) is 11.8 Å². The fourth-order valence-corrected chi connectivity index (χ4v) is 5.94. The molecule has 2 amide bonds. The van der Waals surface area contributed by atoms with Crippen molar-refractivity contribution >= 4 is 57.3 Å². The largest absolute Gasteiger partial charge is 0.478 e. The quantitative estimate of drug-likeness (QED) is 0.573. The molecular weight excluding hydrogens is 491 g/mol. The first-order valence-electron chi connectivity index (χ1n) is 10.6. The van der Waals surface area contributed by atoms with E-state index in [0.29, 0.717) is 17.2 Å². The Balaban J connectivity index is 1.35. The smallest absolute Gasteiger partial charge is 0.338 e. The van der Waals surface area contributed by atoms with Gasteiger partial charge in [0.15, 0.2) is 0 Å². The van der Waals surface area contributed by atoms with E-state index in [2.05, 4.69) is 5.32 Å². The summed E-state index contributed by atoms with van der Waals surface area (Å²) in [7, 11) is 0. The Labute approximate surface area is 203 Å². The summed E-state index contributed by atoms with van der Waals surface area (Å²) in [6, 6.07) is 2.79. The topological polar surface area (TPSA) is 105 Å². The third kappa shape index (κ3) is 4.13. The van der Waals surface area contributed by atoms with E-state index >= 15 is 0 Å². The van der Waals surface area contributed by atoms with Crippen LogP contribution in [0, 0.1) is 0 Å². The number of nitrogens with one attached hydrogen (secondary N) is 1. The van der Waals surface area contributed by atoms with Gasteiger partial charge in [0.2, 0.25) is 0 Å². The highest BCUT2D eigenvalue weighted by molar-refractivity contribution is 7.16. The lowest BCUT2D eigenvalue weighted by Gasteiger charge is -2.26. The van der Waals surface area contributed by atoms with Crippen LogP contribution in [0.5, 0.6) is 0 Å². The first-order chi connectivity index (χ1) is 15.8. The van der Waals surface area contributed by atoms with E-state index in [1.165, 1.54) is 23.5 Å². The molecule has 2 aromatic rings. The van der Waals surface area contributed by atoms with Gasteiger partial charge in [-0.25, -0.2) is 4.79 Å². The van der Waals surface area contributed by atoms with Gasteiger partial charge in [0, 0.05) is 17.9 Å². The van der Waals surface area contributed by atoms with Gasteiger partial charge in [-0.1, -0.05) is 23.2 Å². The third-order valence-electron chi connectivity index (χ3n) is 6.06. The minimum atomic E-state index is -1.03. The predicted octanol–water partition coefficient (Wildman–Crippen LogP) is 4.43. The van der Waals surface area contributed by atoms with Crippen LogP contribution in [0.4, 0.5) is 5.00 Å². The van der Waals surface area contributed by atoms with Crippen LogP contribution in [-0.4, -0.2) is 53.3 Å². The lowest BCUT2D eigenvalue weighted by Crippen LogP contribution is -2.40. The van der Waals surface area contributed by atoms with Crippen LogP contribution in [0.1, 0.15) is 60.8 Å². The molecule has 3 aliphatic heterocycles. The summed E-state index contributed by atoms with van der Waals surface area (Å²) in [6.07, 6.45) is 2.36. The monoisotopic (exact) mass is 510 g/mol. The maximum absolute atomic E-state index is 12.8. The van der Waals surface area contributed by atoms with Crippen molar-refractivity contribution in [2.45, 2.75) is 44.6 Å². The van der Waals surface area contributed by atoms with E-state index in [1.54, 1.807) is 0 Å².